The first-order chi connectivity index (χ1) is 13.8. The SMILES string of the molecule is C#Cc1cnc2c(C)cc(OC(CC)C(=O)NC(C)(C)/C=N\OCC=C)cc2c1. The van der Waals surface area contributed by atoms with Crippen LogP contribution in [0.4, 0.5) is 0 Å². The molecule has 1 amide bonds. The molecule has 6 nitrogen and oxygen atoms in total. The van der Waals surface area contributed by atoms with E-state index < -0.39 is 11.6 Å². The summed E-state index contributed by atoms with van der Waals surface area (Å²) in [5.41, 5.74) is 1.80. The second-order valence-electron chi connectivity index (χ2n) is 7.22. The first kappa shape index (κ1) is 22.0. The summed E-state index contributed by atoms with van der Waals surface area (Å²) in [5.74, 6) is 2.94. The van der Waals surface area contributed by atoms with Crippen molar-refractivity contribution in [1.82, 2.24) is 10.3 Å². The largest absolute Gasteiger partial charge is 0.481 e. The number of hydrogen-bond acceptors (Lipinski definition) is 5. The maximum Gasteiger partial charge on any atom is 0.261 e. The van der Waals surface area contributed by atoms with E-state index in [2.05, 4.69) is 28.0 Å². The molecule has 0 aliphatic rings. The number of pyridine rings is 1. The molecule has 2 rings (SSSR count). The zero-order valence-corrected chi connectivity index (χ0v) is 17.4. The molecule has 0 bridgehead atoms. The number of hydrogen-bond donors (Lipinski definition) is 1. The zero-order chi connectivity index (χ0) is 21.4. The van der Waals surface area contributed by atoms with Gasteiger partial charge in [-0.25, -0.2) is 0 Å². The predicted octanol–water partition coefficient (Wildman–Crippen LogP) is 3.77. The number of terminal acetylenes is 1. The van der Waals surface area contributed by atoms with Crippen molar-refractivity contribution in [2.45, 2.75) is 45.8 Å². The lowest BCUT2D eigenvalue weighted by molar-refractivity contribution is -0.129. The summed E-state index contributed by atoms with van der Waals surface area (Å²) in [4.78, 5) is 22.2. The molecule has 0 aliphatic carbocycles. The van der Waals surface area contributed by atoms with Crippen molar-refractivity contribution in [2.24, 2.45) is 5.16 Å². The molecule has 0 aliphatic heterocycles. The van der Waals surface area contributed by atoms with Crippen LogP contribution in [0.15, 0.2) is 42.2 Å². The topological polar surface area (TPSA) is 72.8 Å². The molecular weight excluding hydrogens is 366 g/mol. The fourth-order valence-electron chi connectivity index (χ4n) is 2.73. The Morgan fingerprint density at radius 1 is 1.45 bits per heavy atom. The molecule has 2 aromatic rings. The van der Waals surface area contributed by atoms with Gasteiger partial charge in [-0.3, -0.25) is 9.78 Å². The van der Waals surface area contributed by atoms with Crippen LogP contribution in [-0.2, 0) is 9.63 Å². The highest BCUT2D eigenvalue weighted by Crippen LogP contribution is 2.25. The fraction of sp³-hybridized carbons (Fsp3) is 0.348. The number of rotatable bonds is 9. The molecule has 29 heavy (non-hydrogen) atoms. The number of benzene rings is 1. The van der Waals surface area contributed by atoms with Crippen LogP contribution >= 0.6 is 0 Å². The number of aromatic nitrogens is 1. The molecule has 1 aromatic heterocycles. The Labute approximate surface area is 172 Å². The van der Waals surface area contributed by atoms with Crippen LogP contribution in [-0.4, -0.2) is 35.4 Å². The summed E-state index contributed by atoms with van der Waals surface area (Å²) in [6, 6.07) is 5.60. The third-order valence-electron chi connectivity index (χ3n) is 4.14. The second-order valence-corrected chi connectivity index (χ2v) is 7.22. The Balaban J connectivity index is 2.16. The van der Waals surface area contributed by atoms with Crippen molar-refractivity contribution in [1.29, 1.82) is 0 Å². The Morgan fingerprint density at radius 2 is 2.21 bits per heavy atom. The van der Waals surface area contributed by atoms with Crippen LogP contribution in [0.5, 0.6) is 5.75 Å². The number of oxime groups is 1. The highest BCUT2D eigenvalue weighted by Gasteiger charge is 2.25. The lowest BCUT2D eigenvalue weighted by Crippen LogP contribution is -2.50. The van der Waals surface area contributed by atoms with Gasteiger partial charge < -0.3 is 14.9 Å². The molecule has 0 spiro atoms. The van der Waals surface area contributed by atoms with E-state index in [1.165, 1.54) is 6.21 Å². The van der Waals surface area contributed by atoms with Gasteiger partial charge in [-0.2, -0.15) is 0 Å². The van der Waals surface area contributed by atoms with Gasteiger partial charge in [0.25, 0.3) is 5.91 Å². The summed E-state index contributed by atoms with van der Waals surface area (Å²) < 4.78 is 6.00. The molecular formula is C23H27N3O3. The summed E-state index contributed by atoms with van der Waals surface area (Å²) >= 11 is 0. The number of aryl methyl sites for hydroxylation is 1. The Morgan fingerprint density at radius 3 is 2.86 bits per heavy atom. The van der Waals surface area contributed by atoms with Gasteiger partial charge >= 0.3 is 0 Å². The van der Waals surface area contributed by atoms with Crippen molar-refractivity contribution in [2.75, 3.05) is 6.61 Å². The van der Waals surface area contributed by atoms with Gasteiger partial charge in [0.1, 0.15) is 12.4 Å². The summed E-state index contributed by atoms with van der Waals surface area (Å²) in [7, 11) is 0. The normalized spacial score (nSPS) is 12.4. The number of carbonyl (C=O) groups is 1. The van der Waals surface area contributed by atoms with Crippen LogP contribution < -0.4 is 10.1 Å². The highest BCUT2D eigenvalue weighted by atomic mass is 16.6. The Bertz CT molecular complexity index is 958. The van der Waals surface area contributed by atoms with Crippen molar-refractivity contribution < 1.29 is 14.4 Å². The fourth-order valence-corrected chi connectivity index (χ4v) is 2.73. The predicted molar refractivity (Wildman–Crippen MR) is 116 cm³/mol. The number of ether oxygens (including phenoxy) is 1. The number of carbonyl (C=O) groups excluding carboxylic acids is 1. The smallest absolute Gasteiger partial charge is 0.261 e. The van der Waals surface area contributed by atoms with E-state index in [-0.39, 0.29) is 5.91 Å². The van der Waals surface area contributed by atoms with E-state index in [0.717, 1.165) is 16.5 Å². The van der Waals surface area contributed by atoms with Crippen LogP contribution in [0.2, 0.25) is 0 Å². The summed E-state index contributed by atoms with van der Waals surface area (Å²) in [6.07, 6.45) is 10.1. The van der Waals surface area contributed by atoms with E-state index in [1.54, 1.807) is 12.3 Å². The minimum absolute atomic E-state index is 0.235. The first-order valence-corrected chi connectivity index (χ1v) is 9.42. The first-order valence-electron chi connectivity index (χ1n) is 9.42. The van der Waals surface area contributed by atoms with Crippen molar-refractivity contribution in [3.05, 3.63) is 48.2 Å². The second kappa shape index (κ2) is 9.74. The maximum atomic E-state index is 12.7. The van der Waals surface area contributed by atoms with Gasteiger partial charge in [-0.1, -0.05) is 30.7 Å². The average molecular weight is 393 g/mol. The Hall–Kier alpha value is -3.33. The van der Waals surface area contributed by atoms with E-state index in [0.29, 0.717) is 24.3 Å². The minimum atomic E-state index is -0.694. The van der Waals surface area contributed by atoms with Gasteiger partial charge in [0.05, 0.1) is 17.3 Å². The van der Waals surface area contributed by atoms with Crippen LogP contribution in [0.1, 0.15) is 38.3 Å². The molecule has 0 fully saturated rings. The zero-order valence-electron chi connectivity index (χ0n) is 17.4. The molecule has 6 heteroatoms. The molecule has 1 heterocycles. The van der Waals surface area contributed by atoms with Crippen LogP contribution in [0.3, 0.4) is 0 Å². The minimum Gasteiger partial charge on any atom is -0.481 e. The van der Waals surface area contributed by atoms with E-state index >= 15 is 0 Å². The molecule has 152 valence electrons. The number of amides is 1. The monoisotopic (exact) mass is 393 g/mol. The van der Waals surface area contributed by atoms with Crippen LogP contribution in [0.25, 0.3) is 10.9 Å². The third kappa shape index (κ3) is 6.08. The summed E-state index contributed by atoms with van der Waals surface area (Å²) in [6.45, 7) is 11.3. The highest BCUT2D eigenvalue weighted by molar-refractivity contribution is 5.87. The number of nitrogens with zero attached hydrogens (tertiary/aromatic N) is 2. The van der Waals surface area contributed by atoms with Gasteiger partial charge in [-0.15, -0.1) is 6.42 Å². The summed E-state index contributed by atoms with van der Waals surface area (Å²) in [5, 5.41) is 7.63. The van der Waals surface area contributed by atoms with E-state index in [4.69, 9.17) is 16.0 Å². The van der Waals surface area contributed by atoms with Gasteiger partial charge in [0.15, 0.2) is 6.10 Å². The lowest BCUT2D eigenvalue weighted by Gasteiger charge is -2.25. The maximum absolute atomic E-state index is 12.7. The molecule has 0 saturated heterocycles. The molecule has 1 atom stereocenters. The van der Waals surface area contributed by atoms with Crippen molar-refractivity contribution in [3.63, 3.8) is 0 Å². The molecule has 1 unspecified atom stereocenters. The average Bonchev–Trinajstić information content (AvgIpc) is 2.68. The third-order valence-corrected chi connectivity index (χ3v) is 4.14. The van der Waals surface area contributed by atoms with Crippen molar-refractivity contribution >= 4 is 23.0 Å². The van der Waals surface area contributed by atoms with E-state index in [1.807, 2.05) is 45.9 Å². The molecule has 0 saturated carbocycles. The molecule has 1 N–H and O–H groups in total. The van der Waals surface area contributed by atoms with Gasteiger partial charge in [0, 0.05) is 17.1 Å². The van der Waals surface area contributed by atoms with E-state index in [9.17, 15) is 4.79 Å². The molecule has 1 aromatic carbocycles. The number of fused-ring (bicyclic) bond motifs is 1. The lowest BCUT2D eigenvalue weighted by atomic mass is 10.1. The quantitative estimate of drug-likeness (QED) is 0.231. The Kier molecular flexibility index (Phi) is 7.38. The molecule has 0 radical (unpaired) electrons. The standard InChI is InChI=1S/C23H27N3O3/c1-7-10-28-25-15-23(5,6)26-22(27)20(9-3)29-19-11-16(4)21-18(13-19)12-17(8-2)14-24-21/h2,7,11-15,20H,1,9-10H2,3-6H3,(H,26,27)/b25-15-. The van der Waals surface area contributed by atoms with Gasteiger partial charge in [-0.05, 0) is 51.0 Å². The van der Waals surface area contributed by atoms with Crippen molar-refractivity contribution in [3.8, 4) is 18.1 Å². The van der Waals surface area contributed by atoms with Crippen LogP contribution in [0, 0.1) is 19.3 Å². The number of nitrogens with one attached hydrogen (secondary N) is 1. The van der Waals surface area contributed by atoms with Gasteiger partial charge in [0.2, 0.25) is 0 Å².